The quantitative estimate of drug-likeness (QED) is 0.624. The second-order valence-electron chi connectivity index (χ2n) is 6.28. The third kappa shape index (κ3) is 3.06. The average molecular weight is 300 g/mol. The highest BCUT2D eigenvalue weighted by Crippen LogP contribution is 2.26. The summed E-state index contributed by atoms with van der Waals surface area (Å²) < 4.78 is 10.7. The second kappa shape index (κ2) is 5.95. The lowest BCUT2D eigenvalue weighted by atomic mass is 9.89. The van der Waals surface area contributed by atoms with E-state index in [1.165, 1.54) is 0 Å². The van der Waals surface area contributed by atoms with Crippen LogP contribution in [0.5, 0.6) is 0 Å². The molecule has 1 aromatic heterocycles. The van der Waals surface area contributed by atoms with E-state index in [1.54, 1.807) is 12.1 Å². The summed E-state index contributed by atoms with van der Waals surface area (Å²) in [6, 6.07) is 7.11. The highest BCUT2D eigenvalue weighted by molar-refractivity contribution is 5.93. The Kier molecular flexibility index (Phi) is 4.01. The van der Waals surface area contributed by atoms with Crippen LogP contribution in [-0.2, 0) is 4.74 Å². The standard InChI is InChI=1S/C18H20O4/c1-11-4-7-14(8-5-11)21-17(19)15-10-13-6-3-12(2)9-16(13)22-18(15)20/h3,6,9-11,14H,4-5,7-8H2,1-2H3. The molecule has 0 atom stereocenters. The molecule has 4 heteroatoms. The number of ether oxygens (including phenoxy) is 1. The average Bonchev–Trinajstić information content (AvgIpc) is 2.48. The number of fused-ring (bicyclic) bond motifs is 1. The summed E-state index contributed by atoms with van der Waals surface area (Å²) in [6.07, 6.45) is 3.76. The van der Waals surface area contributed by atoms with Gasteiger partial charge in [-0.15, -0.1) is 0 Å². The van der Waals surface area contributed by atoms with Crippen LogP contribution in [0.15, 0.2) is 33.5 Å². The molecular formula is C18H20O4. The smallest absolute Gasteiger partial charge is 0.351 e. The Balaban J connectivity index is 1.83. The first kappa shape index (κ1) is 14.8. The van der Waals surface area contributed by atoms with Crippen molar-refractivity contribution < 1.29 is 13.9 Å². The van der Waals surface area contributed by atoms with E-state index in [2.05, 4.69) is 6.92 Å². The van der Waals surface area contributed by atoms with Gasteiger partial charge in [-0.3, -0.25) is 0 Å². The van der Waals surface area contributed by atoms with Crippen molar-refractivity contribution in [2.45, 2.75) is 45.6 Å². The molecule has 0 bridgehead atoms. The van der Waals surface area contributed by atoms with Gasteiger partial charge in [0.05, 0.1) is 0 Å². The van der Waals surface area contributed by atoms with Crippen molar-refractivity contribution in [3.63, 3.8) is 0 Å². The fourth-order valence-corrected chi connectivity index (χ4v) is 2.92. The maximum Gasteiger partial charge on any atom is 0.351 e. The Labute approximate surface area is 129 Å². The topological polar surface area (TPSA) is 56.5 Å². The van der Waals surface area contributed by atoms with Crippen molar-refractivity contribution in [3.05, 3.63) is 45.8 Å². The molecule has 0 unspecified atom stereocenters. The van der Waals surface area contributed by atoms with Gasteiger partial charge in [0.1, 0.15) is 17.3 Å². The molecule has 1 saturated carbocycles. The Morgan fingerprint density at radius 2 is 1.91 bits per heavy atom. The molecule has 2 aromatic rings. The highest BCUT2D eigenvalue weighted by Gasteiger charge is 2.24. The minimum atomic E-state index is -0.632. The lowest BCUT2D eigenvalue weighted by Crippen LogP contribution is -2.26. The van der Waals surface area contributed by atoms with Gasteiger partial charge in [-0.05, 0) is 56.2 Å². The van der Waals surface area contributed by atoms with Gasteiger partial charge >= 0.3 is 11.6 Å². The summed E-state index contributed by atoms with van der Waals surface area (Å²) in [7, 11) is 0. The van der Waals surface area contributed by atoms with E-state index in [-0.39, 0.29) is 11.7 Å². The van der Waals surface area contributed by atoms with Crippen LogP contribution in [0, 0.1) is 12.8 Å². The van der Waals surface area contributed by atoms with Crippen molar-refractivity contribution in [3.8, 4) is 0 Å². The van der Waals surface area contributed by atoms with Crippen molar-refractivity contribution >= 4 is 16.9 Å². The zero-order chi connectivity index (χ0) is 15.7. The number of rotatable bonds is 2. The zero-order valence-corrected chi connectivity index (χ0v) is 12.9. The lowest BCUT2D eigenvalue weighted by Gasteiger charge is -2.25. The lowest BCUT2D eigenvalue weighted by molar-refractivity contribution is 0.0169. The van der Waals surface area contributed by atoms with Crippen LogP contribution >= 0.6 is 0 Å². The van der Waals surface area contributed by atoms with Crippen LogP contribution in [0.3, 0.4) is 0 Å². The number of benzene rings is 1. The van der Waals surface area contributed by atoms with Crippen LogP contribution in [0.4, 0.5) is 0 Å². The molecular weight excluding hydrogens is 280 g/mol. The first-order valence-electron chi connectivity index (χ1n) is 7.78. The van der Waals surface area contributed by atoms with E-state index in [9.17, 15) is 9.59 Å². The maximum atomic E-state index is 12.2. The van der Waals surface area contributed by atoms with E-state index < -0.39 is 11.6 Å². The molecule has 0 N–H and O–H groups in total. The van der Waals surface area contributed by atoms with Gasteiger partial charge in [0.25, 0.3) is 0 Å². The molecule has 116 valence electrons. The number of aryl methyl sites for hydroxylation is 1. The first-order valence-corrected chi connectivity index (χ1v) is 7.78. The van der Waals surface area contributed by atoms with Gasteiger partial charge in [0, 0.05) is 5.39 Å². The Hall–Kier alpha value is -2.10. The van der Waals surface area contributed by atoms with Gasteiger partial charge in [-0.25, -0.2) is 9.59 Å². The third-order valence-corrected chi connectivity index (χ3v) is 4.35. The van der Waals surface area contributed by atoms with E-state index in [4.69, 9.17) is 9.15 Å². The summed E-state index contributed by atoms with van der Waals surface area (Å²) >= 11 is 0. The molecule has 0 aliphatic heterocycles. The van der Waals surface area contributed by atoms with E-state index in [0.717, 1.165) is 36.6 Å². The molecule has 1 aliphatic rings. The minimum absolute atomic E-state index is 0.0185. The molecule has 1 aliphatic carbocycles. The molecule has 22 heavy (non-hydrogen) atoms. The summed E-state index contributed by atoms with van der Waals surface area (Å²) in [5.74, 6) is 0.111. The fourth-order valence-electron chi connectivity index (χ4n) is 2.92. The summed E-state index contributed by atoms with van der Waals surface area (Å²) in [5, 5.41) is 0.731. The van der Waals surface area contributed by atoms with Crippen LogP contribution in [0.2, 0.25) is 0 Å². The largest absolute Gasteiger partial charge is 0.459 e. The van der Waals surface area contributed by atoms with Crippen molar-refractivity contribution in [1.29, 1.82) is 0 Å². The summed E-state index contributed by atoms with van der Waals surface area (Å²) in [4.78, 5) is 24.3. The van der Waals surface area contributed by atoms with Crippen LogP contribution in [0.1, 0.15) is 48.5 Å². The first-order chi connectivity index (χ1) is 10.5. The monoisotopic (exact) mass is 300 g/mol. The maximum absolute atomic E-state index is 12.2. The Morgan fingerprint density at radius 3 is 2.64 bits per heavy atom. The molecule has 1 aromatic carbocycles. The highest BCUT2D eigenvalue weighted by atomic mass is 16.5. The van der Waals surface area contributed by atoms with Crippen LogP contribution < -0.4 is 5.63 Å². The molecule has 0 saturated heterocycles. The normalized spacial score (nSPS) is 21.7. The third-order valence-electron chi connectivity index (χ3n) is 4.35. The second-order valence-corrected chi connectivity index (χ2v) is 6.28. The Morgan fingerprint density at radius 1 is 1.18 bits per heavy atom. The van der Waals surface area contributed by atoms with Gasteiger partial charge in [0.15, 0.2) is 0 Å². The summed E-state index contributed by atoms with van der Waals surface area (Å²) in [5.41, 5.74) is 0.845. The molecule has 1 fully saturated rings. The van der Waals surface area contributed by atoms with Crippen LogP contribution in [0.25, 0.3) is 11.0 Å². The predicted molar refractivity (Wildman–Crippen MR) is 84.1 cm³/mol. The molecule has 0 spiro atoms. The summed E-state index contributed by atoms with van der Waals surface area (Å²) in [6.45, 7) is 4.13. The van der Waals surface area contributed by atoms with E-state index in [1.807, 2.05) is 19.1 Å². The van der Waals surface area contributed by atoms with E-state index >= 15 is 0 Å². The number of hydrogen-bond acceptors (Lipinski definition) is 4. The molecule has 3 rings (SSSR count). The van der Waals surface area contributed by atoms with Crippen LogP contribution in [-0.4, -0.2) is 12.1 Å². The number of hydrogen-bond donors (Lipinski definition) is 0. The molecule has 0 radical (unpaired) electrons. The fraction of sp³-hybridized carbons (Fsp3) is 0.444. The van der Waals surface area contributed by atoms with Gasteiger partial charge < -0.3 is 9.15 Å². The number of carbonyl (C=O) groups excluding carboxylic acids is 1. The predicted octanol–water partition coefficient (Wildman–Crippen LogP) is 3.84. The number of carbonyl (C=O) groups is 1. The molecule has 1 heterocycles. The Bertz CT molecular complexity index is 751. The van der Waals surface area contributed by atoms with Crippen molar-refractivity contribution in [2.24, 2.45) is 5.92 Å². The van der Waals surface area contributed by atoms with Crippen molar-refractivity contribution in [1.82, 2.24) is 0 Å². The zero-order valence-electron chi connectivity index (χ0n) is 12.9. The van der Waals surface area contributed by atoms with Gasteiger partial charge in [0.2, 0.25) is 0 Å². The molecule has 4 nitrogen and oxygen atoms in total. The van der Waals surface area contributed by atoms with Gasteiger partial charge in [-0.1, -0.05) is 19.1 Å². The minimum Gasteiger partial charge on any atom is -0.459 e. The van der Waals surface area contributed by atoms with Crippen molar-refractivity contribution in [2.75, 3.05) is 0 Å². The molecule has 0 amide bonds. The van der Waals surface area contributed by atoms with E-state index in [0.29, 0.717) is 11.5 Å². The number of esters is 1. The van der Waals surface area contributed by atoms with Gasteiger partial charge in [-0.2, -0.15) is 0 Å². The SMILES string of the molecule is Cc1ccc2cc(C(=O)OC3CCC(C)CC3)c(=O)oc2c1.